The fourth-order valence-electron chi connectivity index (χ4n) is 4.32. The predicted octanol–water partition coefficient (Wildman–Crippen LogP) is 3.57. The van der Waals surface area contributed by atoms with E-state index >= 15 is 0 Å². The summed E-state index contributed by atoms with van der Waals surface area (Å²) in [5, 5.41) is 3.91. The second kappa shape index (κ2) is 6.34. The molecule has 0 N–H and O–H groups in total. The van der Waals surface area contributed by atoms with Crippen molar-refractivity contribution < 1.29 is 17.9 Å². The van der Waals surface area contributed by atoms with Crippen LogP contribution in [0.2, 0.25) is 0 Å². The van der Waals surface area contributed by atoms with Gasteiger partial charge in [-0.2, -0.15) is 18.3 Å². The molecule has 5 rings (SSSR count). The number of rotatable bonds is 3. The topological polar surface area (TPSA) is 30.3 Å². The van der Waals surface area contributed by atoms with Gasteiger partial charge in [0.05, 0.1) is 18.9 Å². The van der Waals surface area contributed by atoms with Crippen LogP contribution < -0.4 is 0 Å². The van der Waals surface area contributed by atoms with Gasteiger partial charge in [0.25, 0.3) is 0 Å². The Morgan fingerprint density at radius 1 is 1.00 bits per heavy atom. The number of fused-ring (bicyclic) bond motifs is 1. The van der Waals surface area contributed by atoms with Gasteiger partial charge in [0.1, 0.15) is 0 Å². The number of hydrogen-bond acceptors (Lipinski definition) is 3. The average Bonchev–Trinajstić information content (AvgIpc) is 3.24. The third-order valence-corrected chi connectivity index (χ3v) is 5.93. The van der Waals surface area contributed by atoms with Crippen LogP contribution in [0.5, 0.6) is 0 Å². The Morgan fingerprint density at radius 3 is 2.44 bits per heavy atom. The summed E-state index contributed by atoms with van der Waals surface area (Å²) in [4.78, 5) is 2.47. The number of halogens is 3. The van der Waals surface area contributed by atoms with E-state index in [0.717, 1.165) is 57.7 Å². The van der Waals surface area contributed by atoms with Crippen LogP contribution in [0.25, 0.3) is 5.69 Å². The molecule has 7 heteroatoms. The van der Waals surface area contributed by atoms with Crippen LogP contribution in [0.1, 0.15) is 41.3 Å². The van der Waals surface area contributed by atoms with E-state index in [1.165, 1.54) is 21.9 Å². The summed E-state index contributed by atoms with van der Waals surface area (Å²) in [5.74, 6) is 0.197. The van der Waals surface area contributed by atoms with Crippen molar-refractivity contribution in [3.8, 4) is 5.69 Å². The van der Waals surface area contributed by atoms with Crippen LogP contribution in [-0.2, 0) is 23.8 Å². The summed E-state index contributed by atoms with van der Waals surface area (Å²) in [6.45, 7) is 3.45. The van der Waals surface area contributed by atoms with Gasteiger partial charge in [-0.1, -0.05) is 6.07 Å². The molecule has 27 heavy (non-hydrogen) atoms. The zero-order valence-corrected chi connectivity index (χ0v) is 15.0. The molecule has 0 spiro atoms. The van der Waals surface area contributed by atoms with Crippen molar-refractivity contribution in [2.75, 3.05) is 26.3 Å². The molecule has 144 valence electrons. The minimum Gasteiger partial charge on any atom is -0.379 e. The largest absolute Gasteiger partial charge is 0.435 e. The zero-order chi connectivity index (χ0) is 18.6. The molecule has 4 nitrogen and oxygen atoms in total. The van der Waals surface area contributed by atoms with Crippen molar-refractivity contribution >= 4 is 0 Å². The first-order valence-electron chi connectivity index (χ1n) is 9.60. The van der Waals surface area contributed by atoms with Crippen molar-refractivity contribution in [2.45, 2.75) is 43.8 Å². The number of aromatic nitrogens is 2. The molecule has 1 aromatic carbocycles. The highest BCUT2D eigenvalue weighted by Crippen LogP contribution is 2.43. The van der Waals surface area contributed by atoms with Crippen LogP contribution in [0.15, 0.2) is 24.3 Å². The molecule has 1 unspecified atom stereocenters. The minimum absolute atomic E-state index is 0.197. The summed E-state index contributed by atoms with van der Waals surface area (Å²) in [5.41, 5.74) is 3.16. The highest BCUT2D eigenvalue weighted by Gasteiger charge is 2.38. The maximum Gasteiger partial charge on any atom is 0.435 e. The van der Waals surface area contributed by atoms with Gasteiger partial charge >= 0.3 is 6.18 Å². The number of alkyl halides is 3. The minimum atomic E-state index is -4.41. The highest BCUT2D eigenvalue weighted by atomic mass is 19.4. The Hall–Kier alpha value is -1.86. The first-order valence-corrected chi connectivity index (χ1v) is 9.60. The van der Waals surface area contributed by atoms with E-state index in [0.29, 0.717) is 11.7 Å². The third-order valence-electron chi connectivity index (χ3n) is 5.93. The molecule has 2 fully saturated rings. The quantitative estimate of drug-likeness (QED) is 0.819. The molecule has 2 aromatic rings. The van der Waals surface area contributed by atoms with Crippen LogP contribution in [-0.4, -0.2) is 47.0 Å². The first kappa shape index (κ1) is 17.3. The Kier molecular flexibility index (Phi) is 4.05. The summed E-state index contributed by atoms with van der Waals surface area (Å²) in [6.07, 6.45) is -0.597. The second-order valence-electron chi connectivity index (χ2n) is 7.80. The fraction of sp³-hybridized carbons (Fsp3) is 0.550. The zero-order valence-electron chi connectivity index (χ0n) is 15.0. The molecule has 1 atom stereocenters. The van der Waals surface area contributed by atoms with Gasteiger partial charge in [0.2, 0.25) is 0 Å². The van der Waals surface area contributed by atoms with Gasteiger partial charge in [-0.25, -0.2) is 4.68 Å². The smallest absolute Gasteiger partial charge is 0.379 e. The molecule has 0 radical (unpaired) electrons. The number of morpholine rings is 1. The van der Waals surface area contributed by atoms with E-state index in [1.54, 1.807) is 0 Å². The van der Waals surface area contributed by atoms with Gasteiger partial charge in [0.15, 0.2) is 5.69 Å². The number of nitrogens with zero attached hydrogens (tertiary/aromatic N) is 3. The van der Waals surface area contributed by atoms with Gasteiger partial charge in [0, 0.05) is 30.7 Å². The molecule has 1 aliphatic heterocycles. The fourth-order valence-corrected chi connectivity index (χ4v) is 4.32. The normalized spacial score (nSPS) is 23.6. The Morgan fingerprint density at radius 2 is 1.74 bits per heavy atom. The molecule has 0 amide bonds. The summed E-state index contributed by atoms with van der Waals surface area (Å²) in [7, 11) is 0. The molecule has 2 heterocycles. The van der Waals surface area contributed by atoms with E-state index in [2.05, 4.69) is 16.1 Å². The van der Waals surface area contributed by atoms with E-state index in [4.69, 9.17) is 4.74 Å². The predicted molar refractivity (Wildman–Crippen MR) is 94.1 cm³/mol. The monoisotopic (exact) mass is 377 g/mol. The van der Waals surface area contributed by atoms with Crippen molar-refractivity contribution in [2.24, 2.45) is 0 Å². The lowest BCUT2D eigenvalue weighted by atomic mass is 10.1. The second-order valence-corrected chi connectivity index (χ2v) is 7.80. The Bertz CT molecular complexity index is 851. The summed E-state index contributed by atoms with van der Waals surface area (Å²) >= 11 is 0. The first-order chi connectivity index (χ1) is 13.0. The van der Waals surface area contributed by atoms with Crippen molar-refractivity contribution in [3.63, 3.8) is 0 Å². The van der Waals surface area contributed by atoms with Crippen molar-refractivity contribution in [3.05, 3.63) is 46.8 Å². The number of hydrogen-bond donors (Lipinski definition) is 0. The Labute approximate surface area is 155 Å². The van der Waals surface area contributed by atoms with Crippen LogP contribution in [0, 0.1) is 0 Å². The molecule has 0 bridgehead atoms. The van der Waals surface area contributed by atoms with Gasteiger partial charge in [-0.15, -0.1) is 0 Å². The molecule has 1 saturated heterocycles. The van der Waals surface area contributed by atoms with Crippen LogP contribution in [0.4, 0.5) is 13.2 Å². The third kappa shape index (κ3) is 3.27. The number of ether oxygens (including phenoxy) is 1. The van der Waals surface area contributed by atoms with Crippen LogP contribution in [0.3, 0.4) is 0 Å². The maximum absolute atomic E-state index is 13.2. The van der Waals surface area contributed by atoms with Gasteiger partial charge in [-0.3, -0.25) is 4.90 Å². The molecular weight excluding hydrogens is 355 g/mol. The molecule has 3 aliphatic rings. The maximum atomic E-state index is 13.2. The molecule has 2 aliphatic carbocycles. The van der Waals surface area contributed by atoms with E-state index in [1.807, 2.05) is 12.1 Å². The molecule has 1 aromatic heterocycles. The van der Waals surface area contributed by atoms with E-state index < -0.39 is 11.9 Å². The Balaban J connectivity index is 1.44. The van der Waals surface area contributed by atoms with E-state index in [9.17, 15) is 13.2 Å². The summed E-state index contributed by atoms with van der Waals surface area (Å²) in [6, 6.07) is 7.71. The highest BCUT2D eigenvalue weighted by molar-refractivity contribution is 5.45. The van der Waals surface area contributed by atoms with Crippen molar-refractivity contribution in [1.82, 2.24) is 14.7 Å². The standard InChI is InChI=1S/C20H22F3N3O/c21-20(22,23)19-12-18(13-1-2-13)26(24-19)16-4-3-14-9-17(11-15(14)10-16)25-5-7-27-8-6-25/h3-4,10,12-13,17H,1-2,5-9,11H2. The average molecular weight is 377 g/mol. The van der Waals surface area contributed by atoms with Gasteiger partial charge < -0.3 is 4.74 Å². The molecule has 1 saturated carbocycles. The summed E-state index contributed by atoms with van der Waals surface area (Å²) < 4.78 is 46.5. The van der Waals surface area contributed by atoms with Gasteiger partial charge in [-0.05, 0) is 55.0 Å². The lowest BCUT2D eigenvalue weighted by Gasteiger charge is -2.32. The van der Waals surface area contributed by atoms with Crippen molar-refractivity contribution in [1.29, 1.82) is 0 Å². The lowest BCUT2D eigenvalue weighted by Crippen LogP contribution is -2.43. The molecular formula is C20H22F3N3O. The SMILES string of the molecule is FC(F)(F)c1cc(C2CC2)n(-c2ccc3c(c2)CC(N2CCOCC2)C3)n1. The van der Waals surface area contributed by atoms with Crippen LogP contribution >= 0.6 is 0 Å². The lowest BCUT2D eigenvalue weighted by molar-refractivity contribution is -0.141. The van der Waals surface area contributed by atoms with E-state index in [-0.39, 0.29) is 5.92 Å². The number of benzene rings is 1.